The molecule has 2 aromatic rings. The van der Waals surface area contributed by atoms with Crippen molar-refractivity contribution in [3.05, 3.63) is 64.2 Å². The smallest absolute Gasteiger partial charge is 0.142 e. The minimum absolute atomic E-state index is 0.0142. The van der Waals surface area contributed by atoms with Crippen molar-refractivity contribution >= 4 is 11.6 Å². The minimum Gasteiger partial charge on any atom is -0.313 e. The highest BCUT2D eigenvalue weighted by Gasteiger charge is 2.14. The van der Waals surface area contributed by atoms with Crippen LogP contribution in [0.25, 0.3) is 0 Å². The Morgan fingerprint density at radius 1 is 1.37 bits per heavy atom. The van der Waals surface area contributed by atoms with Crippen molar-refractivity contribution in [1.29, 1.82) is 0 Å². The molecule has 1 aromatic carbocycles. The summed E-state index contributed by atoms with van der Waals surface area (Å²) in [4.78, 5) is 4.37. The third kappa shape index (κ3) is 3.31. The van der Waals surface area contributed by atoms with Crippen LogP contribution in [0.3, 0.4) is 0 Å². The maximum atomic E-state index is 13.5. The molecule has 0 aliphatic rings. The zero-order valence-corrected chi connectivity index (χ0v) is 11.7. The summed E-state index contributed by atoms with van der Waals surface area (Å²) in [5.41, 5.74) is 3.02. The van der Waals surface area contributed by atoms with Gasteiger partial charge < -0.3 is 5.32 Å². The molecule has 0 bridgehead atoms. The van der Waals surface area contributed by atoms with Gasteiger partial charge in [-0.3, -0.25) is 4.98 Å². The van der Waals surface area contributed by atoms with Crippen LogP contribution in [0.4, 0.5) is 4.39 Å². The second-order valence-electron chi connectivity index (χ2n) is 4.49. The van der Waals surface area contributed by atoms with Crippen molar-refractivity contribution in [1.82, 2.24) is 10.3 Å². The first-order valence-corrected chi connectivity index (χ1v) is 6.52. The lowest BCUT2D eigenvalue weighted by Crippen LogP contribution is -2.20. The van der Waals surface area contributed by atoms with Gasteiger partial charge in [0.25, 0.3) is 0 Å². The van der Waals surface area contributed by atoms with E-state index >= 15 is 0 Å². The SMILES string of the molecule is CNC(Cc1ncccc1C)c1ccc(Cl)c(F)c1. The van der Waals surface area contributed by atoms with E-state index < -0.39 is 5.82 Å². The van der Waals surface area contributed by atoms with Crippen LogP contribution in [0.5, 0.6) is 0 Å². The van der Waals surface area contributed by atoms with Crippen molar-refractivity contribution in [3.63, 3.8) is 0 Å². The number of nitrogens with one attached hydrogen (secondary N) is 1. The van der Waals surface area contributed by atoms with E-state index in [2.05, 4.69) is 10.3 Å². The molecule has 0 aliphatic carbocycles. The maximum absolute atomic E-state index is 13.5. The lowest BCUT2D eigenvalue weighted by molar-refractivity contribution is 0.570. The Morgan fingerprint density at radius 2 is 2.16 bits per heavy atom. The summed E-state index contributed by atoms with van der Waals surface area (Å²) in [5, 5.41) is 3.34. The Labute approximate surface area is 117 Å². The molecule has 1 atom stereocenters. The minimum atomic E-state index is -0.392. The number of pyridine rings is 1. The van der Waals surface area contributed by atoms with Gasteiger partial charge >= 0.3 is 0 Å². The van der Waals surface area contributed by atoms with Crippen LogP contribution >= 0.6 is 11.6 Å². The quantitative estimate of drug-likeness (QED) is 0.923. The largest absolute Gasteiger partial charge is 0.313 e. The number of aryl methyl sites for hydroxylation is 1. The van der Waals surface area contributed by atoms with Gasteiger partial charge in [0.15, 0.2) is 0 Å². The lowest BCUT2D eigenvalue weighted by atomic mass is 10.00. The van der Waals surface area contributed by atoms with Gasteiger partial charge in [-0.2, -0.15) is 0 Å². The van der Waals surface area contributed by atoms with Crippen LogP contribution in [0.15, 0.2) is 36.5 Å². The zero-order chi connectivity index (χ0) is 13.8. The molecule has 19 heavy (non-hydrogen) atoms. The Kier molecular flexibility index (Phi) is 4.51. The Balaban J connectivity index is 2.25. The second-order valence-corrected chi connectivity index (χ2v) is 4.89. The number of benzene rings is 1. The molecule has 4 heteroatoms. The molecular weight excluding hydrogens is 263 g/mol. The first-order valence-electron chi connectivity index (χ1n) is 6.14. The number of halogens is 2. The fraction of sp³-hybridized carbons (Fsp3) is 0.267. The number of aromatic nitrogens is 1. The normalized spacial score (nSPS) is 12.4. The summed E-state index contributed by atoms with van der Waals surface area (Å²) in [6, 6.07) is 8.85. The van der Waals surface area contributed by atoms with Gasteiger partial charge in [0.1, 0.15) is 5.82 Å². The second kappa shape index (κ2) is 6.13. The van der Waals surface area contributed by atoms with E-state index in [4.69, 9.17) is 11.6 Å². The maximum Gasteiger partial charge on any atom is 0.142 e. The van der Waals surface area contributed by atoms with E-state index in [9.17, 15) is 4.39 Å². The molecule has 1 heterocycles. The Morgan fingerprint density at radius 3 is 2.79 bits per heavy atom. The van der Waals surface area contributed by atoms with Crippen LogP contribution in [-0.2, 0) is 6.42 Å². The van der Waals surface area contributed by atoms with Crippen molar-refractivity contribution in [3.8, 4) is 0 Å². The Bertz CT molecular complexity index is 572. The monoisotopic (exact) mass is 278 g/mol. The molecule has 100 valence electrons. The summed E-state index contributed by atoms with van der Waals surface area (Å²) < 4.78 is 13.5. The van der Waals surface area contributed by atoms with Gasteiger partial charge in [0.05, 0.1) is 5.02 Å². The average Bonchev–Trinajstić information content (AvgIpc) is 2.41. The van der Waals surface area contributed by atoms with Crippen LogP contribution in [0, 0.1) is 12.7 Å². The van der Waals surface area contributed by atoms with Gasteiger partial charge in [-0.15, -0.1) is 0 Å². The van der Waals surface area contributed by atoms with Gasteiger partial charge in [-0.05, 0) is 43.3 Å². The van der Waals surface area contributed by atoms with E-state index in [1.165, 1.54) is 6.07 Å². The third-order valence-corrected chi connectivity index (χ3v) is 3.52. The summed E-state index contributed by atoms with van der Waals surface area (Å²) in [7, 11) is 1.86. The molecule has 2 nitrogen and oxygen atoms in total. The zero-order valence-electron chi connectivity index (χ0n) is 11.0. The molecule has 1 N–H and O–H groups in total. The number of nitrogens with zero attached hydrogens (tertiary/aromatic N) is 1. The molecule has 0 saturated heterocycles. The standard InChI is InChI=1S/C15H16ClFN2/c1-10-4-3-7-19-14(10)9-15(18-2)11-5-6-12(16)13(17)8-11/h3-8,15,18H,9H2,1-2H3. The molecule has 0 amide bonds. The fourth-order valence-corrected chi connectivity index (χ4v) is 2.16. The summed E-state index contributed by atoms with van der Waals surface area (Å²) in [6.45, 7) is 2.03. The van der Waals surface area contributed by atoms with Crippen molar-refractivity contribution in [2.24, 2.45) is 0 Å². The molecule has 1 unspecified atom stereocenters. The topological polar surface area (TPSA) is 24.9 Å². The number of hydrogen-bond acceptors (Lipinski definition) is 2. The summed E-state index contributed by atoms with van der Waals surface area (Å²) >= 11 is 5.71. The molecule has 0 spiro atoms. The number of rotatable bonds is 4. The van der Waals surface area contributed by atoms with Gasteiger partial charge in [-0.1, -0.05) is 23.7 Å². The van der Waals surface area contributed by atoms with E-state index in [1.807, 2.05) is 32.2 Å². The van der Waals surface area contributed by atoms with Crippen molar-refractivity contribution < 1.29 is 4.39 Å². The molecular formula is C15H16ClFN2. The van der Waals surface area contributed by atoms with E-state index in [0.29, 0.717) is 6.42 Å². The third-order valence-electron chi connectivity index (χ3n) is 3.21. The first-order chi connectivity index (χ1) is 9.11. The summed E-state index contributed by atoms with van der Waals surface area (Å²) in [5.74, 6) is -0.392. The van der Waals surface area contributed by atoms with Crippen LogP contribution < -0.4 is 5.32 Å². The van der Waals surface area contributed by atoms with Gasteiger partial charge in [-0.25, -0.2) is 4.39 Å². The highest BCUT2D eigenvalue weighted by atomic mass is 35.5. The van der Waals surface area contributed by atoms with Gasteiger partial charge in [0.2, 0.25) is 0 Å². The molecule has 1 aromatic heterocycles. The summed E-state index contributed by atoms with van der Waals surface area (Å²) in [6.07, 6.45) is 2.49. The van der Waals surface area contributed by atoms with E-state index in [1.54, 1.807) is 12.3 Å². The van der Waals surface area contributed by atoms with Crippen molar-refractivity contribution in [2.75, 3.05) is 7.05 Å². The molecule has 0 aliphatic heterocycles. The fourth-order valence-electron chi connectivity index (χ4n) is 2.04. The number of likely N-dealkylation sites (N-methyl/N-ethyl adjacent to an activating group) is 1. The average molecular weight is 279 g/mol. The molecule has 0 radical (unpaired) electrons. The molecule has 0 fully saturated rings. The Hall–Kier alpha value is -1.45. The van der Waals surface area contributed by atoms with Crippen LogP contribution in [0.1, 0.15) is 22.9 Å². The first kappa shape index (κ1) is 14.0. The highest BCUT2D eigenvalue weighted by molar-refractivity contribution is 6.30. The van der Waals surface area contributed by atoms with Gasteiger partial charge in [0, 0.05) is 24.4 Å². The van der Waals surface area contributed by atoms with Crippen LogP contribution in [0.2, 0.25) is 5.02 Å². The van der Waals surface area contributed by atoms with Crippen molar-refractivity contribution in [2.45, 2.75) is 19.4 Å². The molecule has 2 rings (SSSR count). The lowest BCUT2D eigenvalue weighted by Gasteiger charge is -2.17. The predicted octanol–water partition coefficient (Wildman–Crippen LogP) is 3.69. The predicted molar refractivity (Wildman–Crippen MR) is 75.9 cm³/mol. The van der Waals surface area contributed by atoms with Crippen LogP contribution in [-0.4, -0.2) is 12.0 Å². The number of hydrogen-bond donors (Lipinski definition) is 1. The highest BCUT2D eigenvalue weighted by Crippen LogP contribution is 2.23. The van der Waals surface area contributed by atoms with E-state index in [-0.39, 0.29) is 11.1 Å². The van der Waals surface area contributed by atoms with E-state index in [0.717, 1.165) is 16.8 Å². The molecule has 0 saturated carbocycles.